The first-order valence-corrected chi connectivity index (χ1v) is 4.51. The first-order valence-electron chi connectivity index (χ1n) is 4.51. The molecule has 0 aliphatic heterocycles. The summed E-state index contributed by atoms with van der Waals surface area (Å²) in [6, 6.07) is 1.51. The van der Waals surface area contributed by atoms with Gasteiger partial charge in [0.05, 0.1) is 0 Å². The number of rotatable bonds is 3. The Labute approximate surface area is 86.9 Å². The average molecular weight is 203 g/mol. The first kappa shape index (κ1) is 9.53. The molecule has 0 aromatic carbocycles. The number of aromatic nitrogens is 1. The summed E-state index contributed by atoms with van der Waals surface area (Å²) in [5.74, 6) is 1.75. The highest BCUT2D eigenvalue weighted by atomic mass is 16.5. The van der Waals surface area contributed by atoms with Crippen molar-refractivity contribution in [3.63, 3.8) is 0 Å². The number of hydrogen-bond donors (Lipinski definition) is 1. The molecule has 2 rings (SSSR count). The molecule has 1 aromatic rings. The minimum Gasteiger partial charge on any atom is -0.477 e. The molecule has 1 fully saturated rings. The van der Waals surface area contributed by atoms with E-state index in [4.69, 9.17) is 16.3 Å². The lowest BCUT2D eigenvalue weighted by Gasteiger charge is -2.13. The van der Waals surface area contributed by atoms with Gasteiger partial charge in [-0.2, -0.15) is 0 Å². The van der Waals surface area contributed by atoms with E-state index in [1.807, 2.05) is 0 Å². The van der Waals surface area contributed by atoms with Crippen LogP contribution in [0, 0.1) is 12.3 Å². The van der Waals surface area contributed by atoms with Crippen molar-refractivity contribution in [3.05, 3.63) is 24.0 Å². The molecule has 1 N–H and O–H groups in total. The first-order chi connectivity index (χ1) is 7.17. The van der Waals surface area contributed by atoms with E-state index in [0.29, 0.717) is 0 Å². The molecule has 15 heavy (non-hydrogen) atoms. The van der Waals surface area contributed by atoms with Crippen LogP contribution < -0.4 is 4.74 Å². The summed E-state index contributed by atoms with van der Waals surface area (Å²) in [6.07, 6.45) is 9.58. The van der Waals surface area contributed by atoms with Crippen LogP contribution >= 0.6 is 0 Å². The summed E-state index contributed by atoms with van der Waals surface area (Å²) in [7, 11) is 0. The van der Waals surface area contributed by atoms with Gasteiger partial charge in [0.25, 0.3) is 0 Å². The Morgan fingerprint density at radius 2 is 2.40 bits per heavy atom. The second-order valence-corrected chi connectivity index (χ2v) is 3.42. The maximum absolute atomic E-state index is 10.8. The van der Waals surface area contributed by atoms with E-state index in [2.05, 4.69) is 10.9 Å². The van der Waals surface area contributed by atoms with Crippen LogP contribution in [0.15, 0.2) is 18.5 Å². The minimum atomic E-state index is -1.06. The van der Waals surface area contributed by atoms with E-state index in [0.717, 1.165) is 12.8 Å². The van der Waals surface area contributed by atoms with Crippen LogP contribution in [-0.4, -0.2) is 21.7 Å². The lowest BCUT2D eigenvalue weighted by Crippen LogP contribution is -2.17. The zero-order valence-corrected chi connectivity index (χ0v) is 7.93. The number of terminal acetylenes is 1. The summed E-state index contributed by atoms with van der Waals surface area (Å²) < 4.78 is 5.50. The fraction of sp³-hybridized carbons (Fsp3) is 0.273. The van der Waals surface area contributed by atoms with Gasteiger partial charge in [0.15, 0.2) is 5.60 Å². The van der Waals surface area contributed by atoms with Crippen LogP contribution in [0.5, 0.6) is 5.75 Å². The predicted molar refractivity (Wildman–Crippen MR) is 52.6 cm³/mol. The monoisotopic (exact) mass is 203 g/mol. The lowest BCUT2D eigenvalue weighted by molar-refractivity contribution is 0.0689. The number of aromatic carboxylic acids is 1. The smallest absolute Gasteiger partial charge is 0.341 e. The molecule has 0 amide bonds. The van der Waals surface area contributed by atoms with Gasteiger partial charge in [0.1, 0.15) is 11.3 Å². The molecular weight excluding hydrogens is 194 g/mol. The summed E-state index contributed by atoms with van der Waals surface area (Å²) in [4.78, 5) is 14.6. The van der Waals surface area contributed by atoms with Crippen LogP contribution in [0.25, 0.3) is 0 Å². The molecule has 1 aromatic heterocycles. The topological polar surface area (TPSA) is 59.4 Å². The van der Waals surface area contributed by atoms with Crippen molar-refractivity contribution in [2.75, 3.05) is 0 Å². The molecule has 0 radical (unpaired) electrons. The summed E-state index contributed by atoms with van der Waals surface area (Å²) in [6.45, 7) is 0. The molecule has 4 heteroatoms. The highest BCUT2D eigenvalue weighted by Gasteiger charge is 2.44. The van der Waals surface area contributed by atoms with Crippen molar-refractivity contribution in [3.8, 4) is 18.1 Å². The highest BCUT2D eigenvalue weighted by molar-refractivity contribution is 5.90. The molecular formula is C11H9NO3. The third-order valence-electron chi connectivity index (χ3n) is 2.28. The number of carboxylic acid groups (broad SMARTS) is 1. The quantitative estimate of drug-likeness (QED) is 0.753. The van der Waals surface area contributed by atoms with Gasteiger partial charge in [-0.1, -0.05) is 5.92 Å². The molecule has 1 aliphatic carbocycles. The minimum absolute atomic E-state index is 0.0408. The predicted octanol–water partition coefficient (Wildman–Crippen LogP) is 1.32. The van der Waals surface area contributed by atoms with Gasteiger partial charge >= 0.3 is 5.97 Å². The van der Waals surface area contributed by atoms with Crippen LogP contribution in [-0.2, 0) is 0 Å². The summed E-state index contributed by atoms with van der Waals surface area (Å²) >= 11 is 0. The van der Waals surface area contributed by atoms with E-state index < -0.39 is 11.6 Å². The Morgan fingerprint density at radius 1 is 1.67 bits per heavy atom. The highest BCUT2D eigenvalue weighted by Crippen LogP contribution is 2.40. The van der Waals surface area contributed by atoms with E-state index in [-0.39, 0.29) is 11.3 Å². The van der Waals surface area contributed by atoms with Crippen molar-refractivity contribution in [2.24, 2.45) is 0 Å². The van der Waals surface area contributed by atoms with E-state index in [1.54, 1.807) is 0 Å². The standard InChI is InChI=1S/C11H9NO3/c1-2-11(4-5-11)15-9-3-6-12-7-8(9)10(13)14/h1,3,6-7H,4-5H2,(H,13,14). The van der Waals surface area contributed by atoms with Crippen LogP contribution in [0.4, 0.5) is 0 Å². The van der Waals surface area contributed by atoms with Crippen molar-refractivity contribution >= 4 is 5.97 Å². The van der Waals surface area contributed by atoms with Crippen molar-refractivity contribution < 1.29 is 14.6 Å². The molecule has 0 spiro atoms. The van der Waals surface area contributed by atoms with Crippen molar-refractivity contribution in [1.82, 2.24) is 4.98 Å². The number of ether oxygens (including phenoxy) is 1. The Morgan fingerprint density at radius 3 is 2.93 bits per heavy atom. The largest absolute Gasteiger partial charge is 0.477 e. The molecule has 4 nitrogen and oxygen atoms in total. The van der Waals surface area contributed by atoms with Gasteiger partial charge in [0.2, 0.25) is 0 Å². The number of hydrogen-bond acceptors (Lipinski definition) is 3. The third-order valence-corrected chi connectivity index (χ3v) is 2.28. The average Bonchev–Trinajstić information content (AvgIpc) is 2.99. The van der Waals surface area contributed by atoms with Crippen LogP contribution in [0.2, 0.25) is 0 Å². The van der Waals surface area contributed by atoms with Crippen LogP contribution in [0.1, 0.15) is 23.2 Å². The maximum Gasteiger partial charge on any atom is 0.341 e. The number of carbonyl (C=O) groups is 1. The molecule has 1 heterocycles. The van der Waals surface area contributed by atoms with E-state index in [9.17, 15) is 4.79 Å². The SMILES string of the molecule is C#CC1(Oc2ccncc2C(=O)O)CC1. The number of carboxylic acids is 1. The molecule has 0 atom stereocenters. The zero-order valence-electron chi connectivity index (χ0n) is 7.93. The fourth-order valence-corrected chi connectivity index (χ4v) is 1.23. The maximum atomic E-state index is 10.8. The Bertz CT molecular complexity index is 443. The molecule has 0 saturated heterocycles. The summed E-state index contributed by atoms with van der Waals surface area (Å²) in [5.41, 5.74) is -0.551. The molecule has 76 valence electrons. The number of pyridine rings is 1. The molecule has 1 saturated carbocycles. The summed E-state index contributed by atoms with van der Waals surface area (Å²) in [5, 5.41) is 8.88. The van der Waals surface area contributed by atoms with Gasteiger partial charge in [-0.25, -0.2) is 4.79 Å². The van der Waals surface area contributed by atoms with Gasteiger partial charge < -0.3 is 9.84 Å². The Hall–Kier alpha value is -2.02. The molecule has 0 bridgehead atoms. The second kappa shape index (κ2) is 3.28. The van der Waals surface area contributed by atoms with Crippen molar-refractivity contribution in [2.45, 2.75) is 18.4 Å². The lowest BCUT2D eigenvalue weighted by atomic mass is 10.2. The van der Waals surface area contributed by atoms with Gasteiger partial charge in [-0.05, 0) is 6.07 Å². The molecule has 0 unspecified atom stereocenters. The normalized spacial score (nSPS) is 16.5. The van der Waals surface area contributed by atoms with Crippen LogP contribution in [0.3, 0.4) is 0 Å². The Balaban J connectivity index is 2.29. The van der Waals surface area contributed by atoms with Crippen molar-refractivity contribution in [1.29, 1.82) is 0 Å². The van der Waals surface area contributed by atoms with Gasteiger partial charge in [0, 0.05) is 25.2 Å². The molecule has 1 aliphatic rings. The van der Waals surface area contributed by atoms with Gasteiger partial charge in [-0.3, -0.25) is 4.98 Å². The third kappa shape index (κ3) is 1.77. The van der Waals surface area contributed by atoms with Gasteiger partial charge in [-0.15, -0.1) is 6.42 Å². The Kier molecular flexibility index (Phi) is 2.09. The number of nitrogens with zero attached hydrogens (tertiary/aromatic N) is 1. The second-order valence-electron chi connectivity index (χ2n) is 3.42. The fourth-order valence-electron chi connectivity index (χ4n) is 1.23. The zero-order chi connectivity index (χ0) is 10.9. The van der Waals surface area contributed by atoms with E-state index in [1.165, 1.54) is 18.5 Å². The van der Waals surface area contributed by atoms with E-state index >= 15 is 0 Å².